The van der Waals surface area contributed by atoms with Gasteiger partial charge in [0, 0.05) is 6.42 Å². The van der Waals surface area contributed by atoms with Crippen LogP contribution in [0, 0.1) is 6.92 Å². The molecule has 3 aromatic carbocycles. The molecule has 0 aliphatic heterocycles. The van der Waals surface area contributed by atoms with Crippen molar-refractivity contribution in [2.45, 2.75) is 13.3 Å². The zero-order chi connectivity index (χ0) is 19.1. The molecule has 0 radical (unpaired) electrons. The molecule has 0 bridgehead atoms. The molecule has 0 heterocycles. The van der Waals surface area contributed by atoms with Crippen LogP contribution in [0.5, 0.6) is 5.75 Å². The molecule has 4 nitrogen and oxygen atoms in total. The predicted octanol–water partition coefficient (Wildman–Crippen LogP) is 4.61. The van der Waals surface area contributed by atoms with Gasteiger partial charge in [-0.2, -0.15) is 0 Å². The van der Waals surface area contributed by atoms with Gasteiger partial charge in [-0.15, -0.1) is 0 Å². The Balaban J connectivity index is 1.67. The van der Waals surface area contributed by atoms with Crippen molar-refractivity contribution in [3.8, 4) is 5.75 Å². The van der Waals surface area contributed by atoms with Crippen LogP contribution in [0.3, 0.4) is 0 Å². The quantitative estimate of drug-likeness (QED) is 0.476. The van der Waals surface area contributed by atoms with E-state index in [0.29, 0.717) is 12.0 Å². The van der Waals surface area contributed by atoms with Crippen LogP contribution in [-0.4, -0.2) is 18.5 Å². The number of benzene rings is 3. The van der Waals surface area contributed by atoms with E-state index in [4.69, 9.17) is 9.47 Å². The Hall–Kier alpha value is -3.40. The standard InChI is InChI=1S/C23H20O4/c1-17-9-5-6-12-19(17)23(25)27-21-14-8-7-13-20(21)22(24)26-16-15-18-10-3-2-4-11-18/h2-14H,15-16H2,1H3. The van der Waals surface area contributed by atoms with Crippen molar-refractivity contribution in [1.29, 1.82) is 0 Å². The lowest BCUT2D eigenvalue weighted by Crippen LogP contribution is -2.14. The normalized spacial score (nSPS) is 10.3. The monoisotopic (exact) mass is 360 g/mol. The fourth-order valence-corrected chi connectivity index (χ4v) is 2.67. The predicted molar refractivity (Wildman–Crippen MR) is 103 cm³/mol. The zero-order valence-corrected chi connectivity index (χ0v) is 15.1. The average molecular weight is 360 g/mol. The van der Waals surface area contributed by atoms with E-state index in [1.807, 2.05) is 49.4 Å². The summed E-state index contributed by atoms with van der Waals surface area (Å²) in [4.78, 5) is 24.9. The third kappa shape index (κ3) is 4.82. The van der Waals surface area contributed by atoms with E-state index in [9.17, 15) is 9.59 Å². The Bertz CT molecular complexity index is 932. The van der Waals surface area contributed by atoms with Crippen LogP contribution < -0.4 is 4.74 Å². The van der Waals surface area contributed by atoms with Crippen LogP contribution in [0.4, 0.5) is 0 Å². The molecule has 3 rings (SSSR count). The second-order valence-electron chi connectivity index (χ2n) is 6.07. The first-order chi connectivity index (χ1) is 13.1. The molecule has 0 N–H and O–H groups in total. The van der Waals surface area contributed by atoms with Crippen LogP contribution in [-0.2, 0) is 11.2 Å². The summed E-state index contributed by atoms with van der Waals surface area (Å²) < 4.78 is 10.8. The first-order valence-electron chi connectivity index (χ1n) is 8.73. The highest BCUT2D eigenvalue weighted by atomic mass is 16.5. The Labute approximate surface area is 158 Å². The van der Waals surface area contributed by atoms with E-state index in [1.165, 1.54) is 0 Å². The van der Waals surface area contributed by atoms with Gasteiger partial charge in [-0.25, -0.2) is 9.59 Å². The summed E-state index contributed by atoms with van der Waals surface area (Å²) in [5.74, 6) is -0.827. The van der Waals surface area contributed by atoms with Gasteiger partial charge >= 0.3 is 11.9 Å². The molecule has 0 spiro atoms. The summed E-state index contributed by atoms with van der Waals surface area (Å²) in [6, 6.07) is 23.5. The van der Waals surface area contributed by atoms with E-state index >= 15 is 0 Å². The van der Waals surface area contributed by atoms with Crippen molar-refractivity contribution >= 4 is 11.9 Å². The summed E-state index contributed by atoms with van der Waals surface area (Å²) in [5.41, 5.74) is 2.59. The van der Waals surface area contributed by atoms with Crippen molar-refractivity contribution in [2.24, 2.45) is 0 Å². The number of para-hydroxylation sites is 1. The molecule has 27 heavy (non-hydrogen) atoms. The number of carbonyl (C=O) groups is 2. The van der Waals surface area contributed by atoms with E-state index < -0.39 is 11.9 Å². The van der Waals surface area contributed by atoms with Crippen LogP contribution in [0.2, 0.25) is 0 Å². The van der Waals surface area contributed by atoms with E-state index in [1.54, 1.807) is 36.4 Å². The molecule has 0 amide bonds. The lowest BCUT2D eigenvalue weighted by Gasteiger charge is -2.11. The summed E-state index contributed by atoms with van der Waals surface area (Å²) in [6.45, 7) is 2.09. The molecule has 4 heteroatoms. The van der Waals surface area contributed by atoms with Crippen LogP contribution >= 0.6 is 0 Å². The van der Waals surface area contributed by atoms with Gasteiger partial charge in [0.1, 0.15) is 11.3 Å². The minimum atomic E-state index is -0.515. The van der Waals surface area contributed by atoms with Crippen LogP contribution in [0.1, 0.15) is 31.8 Å². The minimum Gasteiger partial charge on any atom is -0.462 e. The second-order valence-corrected chi connectivity index (χ2v) is 6.07. The van der Waals surface area contributed by atoms with Crippen LogP contribution in [0.15, 0.2) is 78.9 Å². The van der Waals surface area contributed by atoms with Crippen molar-refractivity contribution in [3.05, 3.63) is 101 Å². The third-order valence-electron chi connectivity index (χ3n) is 4.14. The Morgan fingerprint density at radius 1 is 0.741 bits per heavy atom. The molecule has 0 fully saturated rings. The number of rotatable bonds is 6. The lowest BCUT2D eigenvalue weighted by atomic mass is 10.1. The SMILES string of the molecule is Cc1ccccc1C(=O)Oc1ccccc1C(=O)OCCc1ccccc1. The lowest BCUT2D eigenvalue weighted by molar-refractivity contribution is 0.0504. The number of aryl methyl sites for hydroxylation is 1. The molecule has 0 saturated carbocycles. The van der Waals surface area contributed by atoms with Crippen molar-refractivity contribution in [3.63, 3.8) is 0 Å². The fourth-order valence-electron chi connectivity index (χ4n) is 2.67. The van der Waals surface area contributed by atoms with E-state index in [-0.39, 0.29) is 17.9 Å². The number of hydrogen-bond acceptors (Lipinski definition) is 4. The summed E-state index contributed by atoms with van der Waals surface area (Å²) >= 11 is 0. The van der Waals surface area contributed by atoms with Crippen molar-refractivity contribution < 1.29 is 19.1 Å². The topological polar surface area (TPSA) is 52.6 Å². The molecule has 3 aromatic rings. The number of carbonyl (C=O) groups excluding carboxylic acids is 2. The maximum atomic E-state index is 12.4. The molecule has 0 saturated heterocycles. The molecule has 0 aliphatic rings. The van der Waals surface area contributed by atoms with Gasteiger partial charge in [-0.1, -0.05) is 60.7 Å². The molecule has 0 unspecified atom stereocenters. The van der Waals surface area contributed by atoms with E-state index in [2.05, 4.69) is 0 Å². The molecule has 0 aliphatic carbocycles. The Morgan fingerprint density at radius 2 is 1.37 bits per heavy atom. The van der Waals surface area contributed by atoms with Crippen LogP contribution in [0.25, 0.3) is 0 Å². The largest absolute Gasteiger partial charge is 0.462 e. The smallest absolute Gasteiger partial charge is 0.343 e. The van der Waals surface area contributed by atoms with Crippen molar-refractivity contribution in [1.82, 2.24) is 0 Å². The van der Waals surface area contributed by atoms with Crippen molar-refractivity contribution in [2.75, 3.05) is 6.61 Å². The molecule has 0 aromatic heterocycles. The highest BCUT2D eigenvalue weighted by molar-refractivity contribution is 5.96. The fraction of sp³-hybridized carbons (Fsp3) is 0.130. The molecular weight excluding hydrogens is 340 g/mol. The maximum absolute atomic E-state index is 12.4. The van der Waals surface area contributed by atoms with Gasteiger partial charge in [0.25, 0.3) is 0 Å². The summed E-state index contributed by atoms with van der Waals surface area (Å²) in [7, 11) is 0. The van der Waals surface area contributed by atoms with Gasteiger partial charge < -0.3 is 9.47 Å². The van der Waals surface area contributed by atoms with Gasteiger partial charge in [0.15, 0.2) is 0 Å². The highest BCUT2D eigenvalue weighted by Gasteiger charge is 2.18. The molecular formula is C23H20O4. The molecule has 136 valence electrons. The first kappa shape index (κ1) is 18.4. The van der Waals surface area contributed by atoms with Gasteiger partial charge in [-0.05, 0) is 36.2 Å². The number of ether oxygens (including phenoxy) is 2. The molecule has 0 atom stereocenters. The Morgan fingerprint density at radius 3 is 2.11 bits per heavy atom. The second kappa shape index (κ2) is 8.81. The van der Waals surface area contributed by atoms with E-state index in [0.717, 1.165) is 11.1 Å². The third-order valence-corrected chi connectivity index (χ3v) is 4.14. The maximum Gasteiger partial charge on any atom is 0.343 e. The summed E-state index contributed by atoms with van der Waals surface area (Å²) in [5, 5.41) is 0. The van der Waals surface area contributed by atoms with Gasteiger partial charge in [-0.3, -0.25) is 0 Å². The van der Waals surface area contributed by atoms with Gasteiger partial charge in [0.2, 0.25) is 0 Å². The average Bonchev–Trinajstić information content (AvgIpc) is 2.69. The highest BCUT2D eigenvalue weighted by Crippen LogP contribution is 2.21. The first-order valence-corrected chi connectivity index (χ1v) is 8.73. The van der Waals surface area contributed by atoms with Gasteiger partial charge in [0.05, 0.1) is 12.2 Å². The minimum absolute atomic E-state index is 0.190. The zero-order valence-electron chi connectivity index (χ0n) is 15.1. The Kier molecular flexibility index (Phi) is 6.00. The number of hydrogen-bond donors (Lipinski definition) is 0. The number of esters is 2. The summed E-state index contributed by atoms with van der Waals surface area (Å²) in [6.07, 6.45) is 0.623.